The van der Waals surface area contributed by atoms with Gasteiger partial charge in [0.15, 0.2) is 5.70 Å². The number of methoxy groups -OCH3 is 1. The number of hydrogen-bond acceptors (Lipinski definition) is 7. The molecule has 0 saturated carbocycles. The molecule has 146 valence electrons. The molecular formula is C22H13N3O5. The average Bonchev–Trinajstić information content (AvgIpc) is 3.11. The Kier molecular flexibility index (Phi) is 3.57. The van der Waals surface area contributed by atoms with Gasteiger partial charge in [-0.05, 0) is 18.2 Å². The van der Waals surface area contributed by atoms with E-state index in [1.54, 1.807) is 48.6 Å². The van der Waals surface area contributed by atoms with E-state index < -0.39 is 23.6 Å². The Bertz CT molecular complexity index is 1230. The van der Waals surface area contributed by atoms with Gasteiger partial charge in [-0.25, -0.2) is 9.59 Å². The third-order valence-electron chi connectivity index (χ3n) is 5.32. The number of carbonyl (C=O) groups is 3. The van der Waals surface area contributed by atoms with Crippen molar-refractivity contribution >= 4 is 17.8 Å². The first-order valence-electron chi connectivity index (χ1n) is 9.01. The molecule has 1 unspecified atom stereocenters. The molecule has 0 aromatic heterocycles. The van der Waals surface area contributed by atoms with E-state index in [-0.39, 0.29) is 22.5 Å². The number of carbonyl (C=O) groups excluding carboxylic acids is 3. The van der Waals surface area contributed by atoms with Crippen LogP contribution in [0.15, 0.2) is 89.1 Å². The number of amides is 1. The molecule has 1 saturated heterocycles. The van der Waals surface area contributed by atoms with Gasteiger partial charge in [0, 0.05) is 11.8 Å². The molecule has 4 aliphatic rings. The van der Waals surface area contributed by atoms with Crippen molar-refractivity contribution < 1.29 is 23.9 Å². The highest BCUT2D eigenvalue weighted by Gasteiger charge is 2.62. The van der Waals surface area contributed by atoms with Crippen LogP contribution in [0, 0.1) is 11.3 Å². The molecule has 1 aromatic carbocycles. The number of hydrogen-bond donors (Lipinski definition) is 0. The van der Waals surface area contributed by atoms with Crippen molar-refractivity contribution in [3.63, 3.8) is 0 Å². The number of allylic oxidation sites excluding steroid dienone is 3. The molecule has 0 aliphatic carbocycles. The minimum absolute atomic E-state index is 0.0154. The molecular weight excluding hydrogens is 386 g/mol. The second-order valence-corrected chi connectivity index (χ2v) is 6.77. The van der Waals surface area contributed by atoms with Crippen LogP contribution in [0.4, 0.5) is 0 Å². The molecule has 0 radical (unpaired) electrons. The van der Waals surface area contributed by atoms with E-state index in [0.29, 0.717) is 11.3 Å². The Hall–Kier alpha value is -4.38. The molecule has 8 nitrogen and oxygen atoms in total. The number of ether oxygens (including phenoxy) is 2. The topological polar surface area (TPSA) is 99.9 Å². The van der Waals surface area contributed by atoms with Gasteiger partial charge in [-0.3, -0.25) is 14.6 Å². The van der Waals surface area contributed by atoms with E-state index >= 15 is 0 Å². The Morgan fingerprint density at radius 2 is 1.93 bits per heavy atom. The first kappa shape index (κ1) is 17.7. The van der Waals surface area contributed by atoms with Gasteiger partial charge < -0.3 is 9.47 Å². The van der Waals surface area contributed by atoms with Crippen LogP contribution in [0.25, 0.3) is 0 Å². The predicted molar refractivity (Wildman–Crippen MR) is 101 cm³/mol. The monoisotopic (exact) mass is 399 g/mol. The van der Waals surface area contributed by atoms with E-state index in [2.05, 4.69) is 0 Å². The lowest BCUT2D eigenvalue weighted by Crippen LogP contribution is -2.52. The molecule has 1 amide bonds. The van der Waals surface area contributed by atoms with Crippen molar-refractivity contribution in [2.45, 2.75) is 5.72 Å². The average molecular weight is 399 g/mol. The van der Waals surface area contributed by atoms with Crippen LogP contribution in [0.1, 0.15) is 5.56 Å². The van der Waals surface area contributed by atoms with Gasteiger partial charge in [0.25, 0.3) is 11.6 Å². The Labute approximate surface area is 170 Å². The Balaban J connectivity index is 1.92. The number of fused-ring (bicyclic) bond motifs is 1. The maximum Gasteiger partial charge on any atom is 0.360 e. The summed E-state index contributed by atoms with van der Waals surface area (Å²) >= 11 is 0. The molecule has 0 N–H and O–H groups in total. The van der Waals surface area contributed by atoms with Gasteiger partial charge >= 0.3 is 11.9 Å². The van der Waals surface area contributed by atoms with Gasteiger partial charge in [0.05, 0.1) is 18.4 Å². The molecule has 0 spiro atoms. The lowest BCUT2D eigenvalue weighted by Gasteiger charge is -2.44. The lowest BCUT2D eigenvalue weighted by molar-refractivity contribution is -0.149. The Morgan fingerprint density at radius 1 is 1.17 bits per heavy atom. The van der Waals surface area contributed by atoms with E-state index in [9.17, 15) is 19.6 Å². The van der Waals surface area contributed by atoms with Crippen molar-refractivity contribution in [1.82, 2.24) is 9.80 Å². The second-order valence-electron chi connectivity index (χ2n) is 6.77. The van der Waals surface area contributed by atoms with Crippen molar-refractivity contribution in [3.8, 4) is 6.07 Å². The van der Waals surface area contributed by atoms with Gasteiger partial charge in [-0.2, -0.15) is 5.26 Å². The van der Waals surface area contributed by atoms with E-state index in [1.807, 2.05) is 6.07 Å². The van der Waals surface area contributed by atoms with Crippen molar-refractivity contribution in [1.29, 1.82) is 5.26 Å². The summed E-state index contributed by atoms with van der Waals surface area (Å²) in [5, 5.41) is 9.94. The summed E-state index contributed by atoms with van der Waals surface area (Å²) in [6.07, 6.45) is 7.69. The molecule has 30 heavy (non-hydrogen) atoms. The summed E-state index contributed by atoms with van der Waals surface area (Å²) < 4.78 is 10.7. The fourth-order valence-corrected chi connectivity index (χ4v) is 4.09. The first-order chi connectivity index (χ1) is 14.5. The van der Waals surface area contributed by atoms with E-state index in [4.69, 9.17) is 9.47 Å². The molecule has 1 fully saturated rings. The van der Waals surface area contributed by atoms with Crippen molar-refractivity contribution in [2.24, 2.45) is 0 Å². The Morgan fingerprint density at radius 3 is 2.63 bits per heavy atom. The molecule has 1 atom stereocenters. The highest BCUT2D eigenvalue weighted by atomic mass is 16.6. The summed E-state index contributed by atoms with van der Waals surface area (Å²) in [5.41, 5.74) is -1.08. The molecule has 5 rings (SSSR count). The number of nitriles is 1. The van der Waals surface area contributed by atoms with Crippen LogP contribution in [0.5, 0.6) is 0 Å². The highest BCUT2D eigenvalue weighted by molar-refractivity contribution is 6.10. The number of benzene rings is 1. The van der Waals surface area contributed by atoms with Crippen LogP contribution in [0.3, 0.4) is 0 Å². The second kappa shape index (κ2) is 6.06. The lowest BCUT2D eigenvalue weighted by atomic mass is 9.86. The van der Waals surface area contributed by atoms with Crippen LogP contribution < -0.4 is 0 Å². The van der Waals surface area contributed by atoms with Gasteiger partial charge in [-0.1, -0.05) is 36.4 Å². The quantitative estimate of drug-likeness (QED) is 0.698. The van der Waals surface area contributed by atoms with Gasteiger partial charge in [0.1, 0.15) is 17.3 Å². The van der Waals surface area contributed by atoms with Crippen LogP contribution in [-0.2, 0) is 29.6 Å². The zero-order valence-corrected chi connectivity index (χ0v) is 15.7. The van der Waals surface area contributed by atoms with Crippen LogP contribution in [-0.4, -0.2) is 34.8 Å². The zero-order chi connectivity index (χ0) is 21.0. The predicted octanol–water partition coefficient (Wildman–Crippen LogP) is 1.73. The summed E-state index contributed by atoms with van der Waals surface area (Å²) in [4.78, 5) is 41.7. The molecule has 1 aromatic rings. The fraction of sp³-hybridized carbons (Fsp3) is 0.0909. The van der Waals surface area contributed by atoms with E-state index in [1.165, 1.54) is 29.2 Å². The summed E-state index contributed by atoms with van der Waals surface area (Å²) in [7, 11) is 1.18. The van der Waals surface area contributed by atoms with E-state index in [0.717, 1.165) is 0 Å². The smallest absolute Gasteiger partial charge is 0.360 e. The molecule has 0 bridgehead atoms. The number of nitrogens with zero attached hydrogens (tertiary/aromatic N) is 3. The largest absolute Gasteiger partial charge is 0.465 e. The fourth-order valence-electron chi connectivity index (χ4n) is 4.09. The molecule has 4 heterocycles. The summed E-state index contributed by atoms with van der Waals surface area (Å²) in [5.74, 6) is -2.05. The normalized spacial score (nSPS) is 23.7. The first-order valence-corrected chi connectivity index (χ1v) is 9.01. The number of esters is 2. The van der Waals surface area contributed by atoms with Crippen molar-refractivity contribution in [2.75, 3.05) is 7.11 Å². The van der Waals surface area contributed by atoms with Crippen LogP contribution >= 0.6 is 0 Å². The van der Waals surface area contributed by atoms with Gasteiger partial charge in [0.2, 0.25) is 0 Å². The summed E-state index contributed by atoms with van der Waals surface area (Å²) in [6.45, 7) is 0. The highest BCUT2D eigenvalue weighted by Crippen LogP contribution is 2.54. The van der Waals surface area contributed by atoms with Crippen molar-refractivity contribution in [3.05, 3.63) is 94.6 Å². The molecule has 4 aliphatic heterocycles. The minimum atomic E-state index is -1.70. The van der Waals surface area contributed by atoms with Gasteiger partial charge in [-0.15, -0.1) is 0 Å². The summed E-state index contributed by atoms with van der Waals surface area (Å²) in [6, 6.07) is 10.7. The maximum atomic E-state index is 13.4. The third kappa shape index (κ3) is 2.01. The zero-order valence-electron chi connectivity index (χ0n) is 15.7. The minimum Gasteiger partial charge on any atom is -0.465 e. The standard InChI is InChI=1S/C22H13N3O5/c1-29-20(27)15-11-14(12-23)22(13-7-3-2-4-8-13)25-17(15)19(26)24-10-6-5-9-16(24)18(25)21(28)30-22/h2-11H,1H3. The maximum absolute atomic E-state index is 13.4. The molecule has 8 heteroatoms. The third-order valence-corrected chi connectivity index (χ3v) is 5.32. The number of rotatable bonds is 2. The van der Waals surface area contributed by atoms with Crippen LogP contribution in [0.2, 0.25) is 0 Å². The SMILES string of the molecule is COC(=O)C1=C2C(=O)N3C=CC=CC3=C3C(=O)OC(c4ccccc4)(C(C#N)=C1)N23.